The van der Waals surface area contributed by atoms with Gasteiger partial charge in [-0.25, -0.2) is 14.4 Å². The topological polar surface area (TPSA) is 91.5 Å². The third-order valence-corrected chi connectivity index (χ3v) is 3.58. The van der Waals surface area contributed by atoms with Crippen molar-refractivity contribution >= 4 is 33.4 Å². The second-order valence-corrected chi connectivity index (χ2v) is 5.68. The van der Waals surface area contributed by atoms with Gasteiger partial charge in [0, 0.05) is 17.6 Å². The second kappa shape index (κ2) is 5.48. The summed E-state index contributed by atoms with van der Waals surface area (Å²) in [5.41, 5.74) is 1.97. The molecule has 122 valence electrons. The zero-order chi connectivity index (χ0) is 16.7. The van der Waals surface area contributed by atoms with Crippen LogP contribution in [0.25, 0.3) is 21.9 Å². The molecule has 3 N–H and O–H groups in total. The smallest absolute Gasteiger partial charge is 0.153 e. The Labute approximate surface area is 136 Å². The van der Waals surface area contributed by atoms with E-state index in [0.717, 1.165) is 10.9 Å². The van der Waals surface area contributed by atoms with E-state index in [0.29, 0.717) is 28.3 Å². The number of rotatable bonds is 4. The molecule has 0 fully saturated rings. The van der Waals surface area contributed by atoms with E-state index in [1.807, 2.05) is 26.0 Å². The third kappa shape index (κ3) is 2.41. The summed E-state index contributed by atoms with van der Waals surface area (Å²) in [4.78, 5) is 11.0. The van der Waals surface area contributed by atoms with Gasteiger partial charge >= 0.3 is 0 Å². The van der Waals surface area contributed by atoms with Crippen molar-refractivity contribution in [1.29, 1.82) is 0 Å². The zero-order valence-corrected chi connectivity index (χ0v) is 13.1. The van der Waals surface area contributed by atoms with Crippen LogP contribution in [0.5, 0.6) is 5.75 Å². The molecule has 24 heavy (non-hydrogen) atoms. The molecule has 0 aliphatic rings. The van der Waals surface area contributed by atoms with Crippen LogP contribution < -0.4 is 10.1 Å². The fraction of sp³-hybridized carbons (Fsp3) is 0.188. The summed E-state index contributed by atoms with van der Waals surface area (Å²) in [5, 5.41) is 11.3. The minimum atomic E-state index is -0.413. The summed E-state index contributed by atoms with van der Waals surface area (Å²) in [5.74, 6) is 0.587. The molecule has 8 heteroatoms. The van der Waals surface area contributed by atoms with Crippen LogP contribution >= 0.6 is 0 Å². The molecule has 0 spiro atoms. The predicted molar refractivity (Wildman–Crippen MR) is 89.0 cm³/mol. The van der Waals surface area contributed by atoms with Gasteiger partial charge in [0.25, 0.3) is 0 Å². The van der Waals surface area contributed by atoms with Crippen LogP contribution in [0.1, 0.15) is 13.8 Å². The van der Waals surface area contributed by atoms with Crippen molar-refractivity contribution in [1.82, 2.24) is 25.1 Å². The van der Waals surface area contributed by atoms with Crippen molar-refractivity contribution < 1.29 is 9.13 Å². The van der Waals surface area contributed by atoms with Gasteiger partial charge in [0.2, 0.25) is 0 Å². The lowest BCUT2D eigenvalue weighted by Gasteiger charge is -2.16. The SMILES string of the molecule is CC(C)Oc1cc2[nH]ncc2cc1Nc1ncnc2[nH]cc(F)c12. The molecule has 0 saturated carbocycles. The molecule has 3 heterocycles. The minimum absolute atomic E-state index is 0.0136. The largest absolute Gasteiger partial charge is 0.489 e. The summed E-state index contributed by atoms with van der Waals surface area (Å²) in [7, 11) is 0. The van der Waals surface area contributed by atoms with E-state index >= 15 is 0 Å². The number of aromatic nitrogens is 5. The number of H-pyrrole nitrogens is 2. The van der Waals surface area contributed by atoms with Gasteiger partial charge in [-0.3, -0.25) is 5.10 Å². The van der Waals surface area contributed by atoms with Gasteiger partial charge in [0.05, 0.1) is 28.9 Å². The number of hydrogen-bond acceptors (Lipinski definition) is 5. The van der Waals surface area contributed by atoms with E-state index in [1.54, 1.807) is 6.20 Å². The van der Waals surface area contributed by atoms with E-state index in [-0.39, 0.29) is 6.10 Å². The Bertz CT molecular complexity index is 1020. The highest BCUT2D eigenvalue weighted by molar-refractivity contribution is 5.92. The number of nitrogens with one attached hydrogen (secondary N) is 3. The Morgan fingerprint density at radius 1 is 1.25 bits per heavy atom. The quantitative estimate of drug-likeness (QED) is 0.534. The standard InChI is InChI=1S/C16H15FN6O/c1-8(2)24-13-4-11-9(5-21-23-11)3-12(13)22-16-14-10(17)6-18-15(14)19-7-20-16/h3-8H,1-2H3,(H,21,23)(H2,18,19,20,22). The number of ether oxygens (including phenoxy) is 1. The molecule has 4 rings (SSSR count). The molecule has 4 aromatic rings. The maximum atomic E-state index is 14.0. The average molecular weight is 326 g/mol. The van der Waals surface area contributed by atoms with E-state index in [4.69, 9.17) is 4.74 Å². The summed E-state index contributed by atoms with van der Waals surface area (Å²) in [6.45, 7) is 3.88. The number of nitrogens with zero attached hydrogens (tertiary/aromatic N) is 3. The highest BCUT2D eigenvalue weighted by Crippen LogP contribution is 2.34. The predicted octanol–water partition coefficient (Wildman–Crippen LogP) is 3.50. The van der Waals surface area contributed by atoms with Crippen molar-refractivity contribution in [3.63, 3.8) is 0 Å². The van der Waals surface area contributed by atoms with Crippen LogP contribution in [0.15, 0.2) is 30.9 Å². The first-order valence-electron chi connectivity index (χ1n) is 7.50. The Balaban J connectivity index is 1.84. The van der Waals surface area contributed by atoms with Crippen LogP contribution in [0.2, 0.25) is 0 Å². The van der Waals surface area contributed by atoms with Gasteiger partial charge in [0.1, 0.15) is 23.5 Å². The molecule has 0 atom stereocenters. The monoisotopic (exact) mass is 326 g/mol. The maximum Gasteiger partial charge on any atom is 0.153 e. The third-order valence-electron chi connectivity index (χ3n) is 3.58. The fourth-order valence-corrected chi connectivity index (χ4v) is 2.57. The van der Waals surface area contributed by atoms with E-state index in [2.05, 4.69) is 30.5 Å². The van der Waals surface area contributed by atoms with E-state index in [9.17, 15) is 4.39 Å². The number of benzene rings is 1. The highest BCUT2D eigenvalue weighted by Gasteiger charge is 2.15. The highest BCUT2D eigenvalue weighted by atomic mass is 19.1. The van der Waals surface area contributed by atoms with Gasteiger partial charge in [0.15, 0.2) is 5.82 Å². The Kier molecular flexibility index (Phi) is 3.30. The summed E-state index contributed by atoms with van der Waals surface area (Å²) in [6.07, 6.45) is 4.34. The zero-order valence-electron chi connectivity index (χ0n) is 13.1. The summed E-state index contributed by atoms with van der Waals surface area (Å²) in [6, 6.07) is 3.74. The number of hydrogen-bond donors (Lipinski definition) is 3. The first-order chi connectivity index (χ1) is 11.6. The maximum absolute atomic E-state index is 14.0. The number of fused-ring (bicyclic) bond motifs is 2. The van der Waals surface area contributed by atoms with Gasteiger partial charge in [-0.15, -0.1) is 0 Å². The van der Waals surface area contributed by atoms with Gasteiger partial charge in [-0.2, -0.15) is 5.10 Å². The minimum Gasteiger partial charge on any atom is -0.489 e. The van der Waals surface area contributed by atoms with Crippen LogP contribution in [0, 0.1) is 5.82 Å². The van der Waals surface area contributed by atoms with Crippen LogP contribution in [0.4, 0.5) is 15.9 Å². The normalized spacial score (nSPS) is 11.5. The number of anilines is 2. The molecule has 0 aliphatic heterocycles. The van der Waals surface area contributed by atoms with Crippen LogP contribution in [-0.2, 0) is 0 Å². The molecular formula is C16H15FN6O. The molecule has 0 radical (unpaired) electrons. The molecule has 0 saturated heterocycles. The molecular weight excluding hydrogens is 311 g/mol. The van der Waals surface area contributed by atoms with E-state index < -0.39 is 5.82 Å². The number of aromatic amines is 2. The Morgan fingerprint density at radius 2 is 2.12 bits per heavy atom. The van der Waals surface area contributed by atoms with Crippen molar-refractivity contribution in [2.45, 2.75) is 20.0 Å². The summed E-state index contributed by atoms with van der Waals surface area (Å²) < 4.78 is 19.9. The number of halogens is 1. The fourth-order valence-electron chi connectivity index (χ4n) is 2.57. The molecule has 0 bridgehead atoms. The van der Waals surface area contributed by atoms with Crippen molar-refractivity contribution in [3.8, 4) is 5.75 Å². The molecule has 0 unspecified atom stereocenters. The lowest BCUT2D eigenvalue weighted by Crippen LogP contribution is -2.08. The first kappa shape index (κ1) is 14.4. The van der Waals surface area contributed by atoms with Crippen molar-refractivity contribution in [3.05, 3.63) is 36.7 Å². The Hall–Kier alpha value is -3.16. The lowest BCUT2D eigenvalue weighted by atomic mass is 10.2. The van der Waals surface area contributed by atoms with E-state index in [1.165, 1.54) is 12.5 Å². The van der Waals surface area contributed by atoms with Crippen molar-refractivity contribution in [2.24, 2.45) is 0 Å². The molecule has 0 aliphatic carbocycles. The molecule has 1 aromatic carbocycles. The van der Waals surface area contributed by atoms with Gasteiger partial charge in [-0.05, 0) is 19.9 Å². The molecule has 3 aromatic heterocycles. The molecule has 7 nitrogen and oxygen atoms in total. The van der Waals surface area contributed by atoms with Gasteiger partial charge < -0.3 is 15.0 Å². The molecule has 0 amide bonds. The van der Waals surface area contributed by atoms with Gasteiger partial charge in [-0.1, -0.05) is 0 Å². The van der Waals surface area contributed by atoms with Crippen LogP contribution in [-0.4, -0.2) is 31.3 Å². The second-order valence-electron chi connectivity index (χ2n) is 5.68. The average Bonchev–Trinajstić information content (AvgIpc) is 3.14. The summed E-state index contributed by atoms with van der Waals surface area (Å²) >= 11 is 0. The Morgan fingerprint density at radius 3 is 2.96 bits per heavy atom. The van der Waals surface area contributed by atoms with Crippen molar-refractivity contribution in [2.75, 3.05) is 5.32 Å². The first-order valence-corrected chi connectivity index (χ1v) is 7.50. The van der Waals surface area contributed by atoms with Crippen LogP contribution in [0.3, 0.4) is 0 Å². The lowest BCUT2D eigenvalue weighted by molar-refractivity contribution is 0.244.